The highest BCUT2D eigenvalue weighted by Crippen LogP contribution is 2.33. The zero-order chi connectivity index (χ0) is 24.3. The van der Waals surface area contributed by atoms with Crippen molar-refractivity contribution in [3.63, 3.8) is 0 Å². The van der Waals surface area contributed by atoms with E-state index in [0.29, 0.717) is 9.99 Å². The number of nitrogens with one attached hydrogen (secondary N) is 3. The fraction of sp³-hybridized carbons (Fsp3) is 0.429. The van der Waals surface area contributed by atoms with Crippen LogP contribution in [0.15, 0.2) is 30.3 Å². The molecule has 7 nitrogen and oxygen atoms in total. The van der Waals surface area contributed by atoms with Crippen LogP contribution in [-0.4, -0.2) is 49.6 Å². The Balaban J connectivity index is 1.86. The zero-order valence-electron chi connectivity index (χ0n) is 18.1. The summed E-state index contributed by atoms with van der Waals surface area (Å²) in [6, 6.07) is 6.09. The molecule has 2 aromatic rings. The van der Waals surface area contributed by atoms with E-state index in [1.165, 1.54) is 12.1 Å². The number of hydrogen-bond acceptors (Lipinski definition) is 5. The van der Waals surface area contributed by atoms with Gasteiger partial charge in [-0.15, -0.1) is 0 Å². The predicted molar refractivity (Wildman–Crippen MR) is 130 cm³/mol. The van der Waals surface area contributed by atoms with Gasteiger partial charge in [0.2, 0.25) is 0 Å². The second-order valence-electron chi connectivity index (χ2n) is 8.16. The largest absolute Gasteiger partial charge is 0.396 e. The first kappa shape index (κ1) is 26.0. The standard InChI is InChI=1S/C21H26F3IN4O3S/c1-12(2)26-17-7-8-29(10-13(17)11-30)33(31,32)28-19-6-4-15(22)20(24)21(19)27-18-5-3-14(25)9-16(18)23/h3-6,9,12-13,17,26-28,30H,7-8,10-11H2,1-2H3. The average molecular weight is 598 g/mol. The maximum Gasteiger partial charge on any atom is 0.301 e. The van der Waals surface area contributed by atoms with Crippen molar-refractivity contribution in [1.29, 1.82) is 0 Å². The number of halogens is 4. The van der Waals surface area contributed by atoms with Gasteiger partial charge in [0.25, 0.3) is 0 Å². The smallest absolute Gasteiger partial charge is 0.301 e. The van der Waals surface area contributed by atoms with Gasteiger partial charge in [-0.3, -0.25) is 4.72 Å². The van der Waals surface area contributed by atoms with Crippen molar-refractivity contribution in [3.05, 3.63) is 51.4 Å². The van der Waals surface area contributed by atoms with Gasteiger partial charge in [-0.1, -0.05) is 13.8 Å². The lowest BCUT2D eigenvalue weighted by Gasteiger charge is -2.38. The molecule has 2 atom stereocenters. The molecule has 4 N–H and O–H groups in total. The monoisotopic (exact) mass is 598 g/mol. The SMILES string of the molecule is CC(C)NC1CCN(S(=O)(=O)Nc2ccc(F)c(F)c2Nc2ccc(I)cc2F)CC1CO. The van der Waals surface area contributed by atoms with Crippen LogP contribution in [-0.2, 0) is 10.2 Å². The first-order valence-corrected chi connectivity index (χ1v) is 12.9. The minimum absolute atomic E-state index is 0.0500. The highest BCUT2D eigenvalue weighted by Gasteiger charge is 2.35. The molecular weight excluding hydrogens is 572 g/mol. The first-order valence-electron chi connectivity index (χ1n) is 10.4. The van der Waals surface area contributed by atoms with Crippen molar-refractivity contribution in [2.24, 2.45) is 5.92 Å². The van der Waals surface area contributed by atoms with E-state index in [2.05, 4.69) is 15.4 Å². The topological polar surface area (TPSA) is 93.7 Å². The summed E-state index contributed by atoms with van der Waals surface area (Å²) >= 11 is 1.91. The van der Waals surface area contributed by atoms with Crippen molar-refractivity contribution in [3.8, 4) is 0 Å². The van der Waals surface area contributed by atoms with Crippen LogP contribution in [0, 0.1) is 26.9 Å². The summed E-state index contributed by atoms with van der Waals surface area (Å²) in [5, 5.41) is 15.5. The second kappa shape index (κ2) is 10.8. The van der Waals surface area contributed by atoms with Gasteiger partial charge in [0.15, 0.2) is 11.6 Å². The summed E-state index contributed by atoms with van der Waals surface area (Å²) in [6.45, 7) is 3.95. The molecule has 1 fully saturated rings. The molecule has 3 rings (SSSR count). The van der Waals surface area contributed by atoms with Crippen molar-refractivity contribution in [2.75, 3.05) is 29.7 Å². The molecule has 1 aliphatic rings. The molecular formula is C21H26F3IN4O3S. The van der Waals surface area contributed by atoms with Crippen molar-refractivity contribution >= 4 is 49.9 Å². The van der Waals surface area contributed by atoms with Crippen molar-refractivity contribution < 1.29 is 26.7 Å². The fourth-order valence-electron chi connectivity index (χ4n) is 3.74. The Hall–Kier alpha value is -1.61. The number of rotatable bonds is 8. The molecule has 33 heavy (non-hydrogen) atoms. The lowest BCUT2D eigenvalue weighted by Crippen LogP contribution is -2.54. The maximum atomic E-state index is 14.6. The number of benzene rings is 2. The molecule has 0 amide bonds. The Morgan fingerprint density at radius 1 is 1.15 bits per heavy atom. The highest BCUT2D eigenvalue weighted by molar-refractivity contribution is 14.1. The molecule has 0 bridgehead atoms. The van der Waals surface area contributed by atoms with Gasteiger partial charge in [-0.25, -0.2) is 13.2 Å². The van der Waals surface area contributed by atoms with Gasteiger partial charge >= 0.3 is 10.2 Å². The van der Waals surface area contributed by atoms with Gasteiger partial charge < -0.3 is 15.7 Å². The molecule has 0 saturated carbocycles. The lowest BCUT2D eigenvalue weighted by molar-refractivity contribution is 0.126. The van der Waals surface area contributed by atoms with Crippen LogP contribution in [0.25, 0.3) is 0 Å². The van der Waals surface area contributed by atoms with Crippen LogP contribution in [0.4, 0.5) is 30.2 Å². The van der Waals surface area contributed by atoms with Gasteiger partial charge in [0.05, 0.1) is 11.4 Å². The third-order valence-corrected chi connectivity index (χ3v) is 7.50. The van der Waals surface area contributed by atoms with E-state index in [1.54, 1.807) is 6.07 Å². The Morgan fingerprint density at radius 3 is 2.48 bits per heavy atom. The van der Waals surface area contributed by atoms with Crippen molar-refractivity contribution in [1.82, 2.24) is 9.62 Å². The summed E-state index contributed by atoms with van der Waals surface area (Å²) in [4.78, 5) is 0. The van der Waals surface area contributed by atoms with E-state index in [-0.39, 0.29) is 49.1 Å². The second-order valence-corrected chi connectivity index (χ2v) is 11.1. The normalized spacial score (nSPS) is 19.6. The molecule has 1 aliphatic heterocycles. The Labute approximate surface area is 205 Å². The number of hydrogen-bond donors (Lipinski definition) is 4. The van der Waals surface area contributed by atoms with E-state index in [1.807, 2.05) is 36.4 Å². The molecule has 0 aliphatic carbocycles. The van der Waals surface area contributed by atoms with E-state index in [4.69, 9.17) is 0 Å². The van der Waals surface area contributed by atoms with E-state index >= 15 is 0 Å². The van der Waals surface area contributed by atoms with Crippen LogP contribution < -0.4 is 15.4 Å². The highest BCUT2D eigenvalue weighted by atomic mass is 127. The molecule has 2 unspecified atom stereocenters. The lowest BCUT2D eigenvalue weighted by atomic mass is 9.93. The maximum absolute atomic E-state index is 14.6. The van der Waals surface area contributed by atoms with E-state index in [0.717, 1.165) is 16.4 Å². The van der Waals surface area contributed by atoms with Crippen LogP contribution in [0.2, 0.25) is 0 Å². The number of piperidine rings is 1. The molecule has 2 aromatic carbocycles. The third kappa shape index (κ3) is 6.29. The molecule has 0 radical (unpaired) electrons. The van der Waals surface area contributed by atoms with Gasteiger partial charge in [0.1, 0.15) is 11.5 Å². The summed E-state index contributed by atoms with van der Waals surface area (Å²) in [6.07, 6.45) is 0.473. The number of nitrogens with zero attached hydrogens (tertiary/aromatic N) is 1. The van der Waals surface area contributed by atoms with Crippen molar-refractivity contribution in [2.45, 2.75) is 32.4 Å². The Morgan fingerprint density at radius 2 is 1.85 bits per heavy atom. The Kier molecular flexibility index (Phi) is 8.48. The van der Waals surface area contributed by atoms with Gasteiger partial charge in [-0.05, 0) is 59.3 Å². The van der Waals surface area contributed by atoms with Gasteiger partial charge in [-0.2, -0.15) is 12.7 Å². The minimum atomic E-state index is -4.17. The summed E-state index contributed by atoms with van der Waals surface area (Å²) in [7, 11) is -4.17. The predicted octanol–water partition coefficient (Wildman–Crippen LogP) is 3.79. The number of aliphatic hydroxyl groups excluding tert-OH is 1. The minimum Gasteiger partial charge on any atom is -0.396 e. The quantitative estimate of drug-likeness (QED) is 0.348. The molecule has 1 heterocycles. The number of anilines is 3. The molecule has 0 spiro atoms. The first-order chi connectivity index (χ1) is 15.5. The zero-order valence-corrected chi connectivity index (χ0v) is 21.1. The van der Waals surface area contributed by atoms with Gasteiger partial charge in [0, 0.05) is 41.3 Å². The van der Waals surface area contributed by atoms with Crippen LogP contribution >= 0.6 is 22.6 Å². The average Bonchev–Trinajstić information content (AvgIpc) is 2.74. The molecule has 182 valence electrons. The third-order valence-electron chi connectivity index (χ3n) is 5.34. The van der Waals surface area contributed by atoms with E-state index in [9.17, 15) is 26.7 Å². The summed E-state index contributed by atoms with van der Waals surface area (Å²) < 4.78 is 73.0. The molecule has 0 aromatic heterocycles. The fourth-order valence-corrected chi connectivity index (χ4v) is 5.50. The number of aliphatic hydroxyl groups is 1. The summed E-state index contributed by atoms with van der Waals surface area (Å²) in [5.74, 6) is -3.60. The van der Waals surface area contributed by atoms with E-state index < -0.39 is 33.3 Å². The summed E-state index contributed by atoms with van der Waals surface area (Å²) in [5.41, 5.74) is -0.940. The Bertz CT molecular complexity index is 1100. The van der Waals surface area contributed by atoms with Crippen LogP contribution in [0.5, 0.6) is 0 Å². The van der Waals surface area contributed by atoms with Crippen LogP contribution in [0.1, 0.15) is 20.3 Å². The molecule has 12 heteroatoms. The molecule has 1 saturated heterocycles. The van der Waals surface area contributed by atoms with Crippen LogP contribution in [0.3, 0.4) is 0 Å².